The van der Waals surface area contributed by atoms with Crippen molar-refractivity contribution in [3.8, 4) is 0 Å². The average Bonchev–Trinajstić information content (AvgIpc) is 3.00. The van der Waals surface area contributed by atoms with Crippen LogP contribution in [0.2, 0.25) is 0 Å². The summed E-state index contributed by atoms with van der Waals surface area (Å²) in [4.78, 5) is 8.89. The molecule has 0 saturated carbocycles. The van der Waals surface area contributed by atoms with Crippen molar-refractivity contribution in [3.05, 3.63) is 65.7 Å². The van der Waals surface area contributed by atoms with Crippen molar-refractivity contribution in [2.45, 2.75) is 20.4 Å². The second kappa shape index (κ2) is 6.30. The second-order valence-corrected chi connectivity index (χ2v) is 5.09. The fourth-order valence-electron chi connectivity index (χ4n) is 2.14. The molecule has 0 aliphatic carbocycles. The van der Waals surface area contributed by atoms with Gasteiger partial charge in [0.2, 0.25) is 5.95 Å². The van der Waals surface area contributed by atoms with E-state index in [1.54, 1.807) is 6.26 Å². The van der Waals surface area contributed by atoms with Crippen molar-refractivity contribution < 1.29 is 4.42 Å². The van der Waals surface area contributed by atoms with Crippen molar-refractivity contribution >= 4 is 17.5 Å². The zero-order valence-electron chi connectivity index (χ0n) is 12.6. The summed E-state index contributed by atoms with van der Waals surface area (Å²) in [6, 6.07) is 13.8. The van der Waals surface area contributed by atoms with Gasteiger partial charge >= 0.3 is 0 Å². The highest BCUT2D eigenvalue weighted by Crippen LogP contribution is 2.20. The van der Waals surface area contributed by atoms with Crippen molar-refractivity contribution in [1.82, 2.24) is 9.97 Å². The Labute approximate surface area is 129 Å². The van der Waals surface area contributed by atoms with Gasteiger partial charge in [-0.1, -0.05) is 18.2 Å². The molecule has 0 amide bonds. The molecule has 2 heterocycles. The Kier molecular flexibility index (Phi) is 4.05. The molecule has 2 N–H and O–H groups in total. The highest BCUT2D eigenvalue weighted by atomic mass is 16.3. The normalized spacial score (nSPS) is 10.5. The molecule has 0 unspecified atom stereocenters. The predicted molar refractivity (Wildman–Crippen MR) is 87.3 cm³/mol. The van der Waals surface area contributed by atoms with E-state index in [2.05, 4.69) is 33.6 Å². The van der Waals surface area contributed by atoms with Crippen molar-refractivity contribution in [2.24, 2.45) is 0 Å². The molecule has 5 heteroatoms. The molecule has 0 spiro atoms. The maximum Gasteiger partial charge on any atom is 0.225 e. The van der Waals surface area contributed by atoms with Crippen LogP contribution in [0, 0.1) is 13.8 Å². The minimum atomic E-state index is 0.556. The van der Waals surface area contributed by atoms with Gasteiger partial charge in [-0.05, 0) is 37.6 Å². The molecular formula is C17H18N4O. The average molecular weight is 294 g/mol. The Bertz CT molecular complexity index is 753. The van der Waals surface area contributed by atoms with Gasteiger partial charge in [-0.25, -0.2) is 4.98 Å². The predicted octanol–water partition coefficient (Wildman–Crippen LogP) is 4.04. The van der Waals surface area contributed by atoms with E-state index in [-0.39, 0.29) is 0 Å². The topological polar surface area (TPSA) is 63.0 Å². The number of hydrogen-bond donors (Lipinski definition) is 2. The van der Waals surface area contributed by atoms with Crippen molar-refractivity contribution in [3.63, 3.8) is 0 Å². The smallest absolute Gasteiger partial charge is 0.225 e. The third-order valence-corrected chi connectivity index (χ3v) is 3.26. The van der Waals surface area contributed by atoms with Crippen LogP contribution in [0.25, 0.3) is 0 Å². The summed E-state index contributed by atoms with van der Waals surface area (Å²) in [5.74, 6) is 2.19. The molecule has 0 radical (unpaired) electrons. The van der Waals surface area contributed by atoms with Crippen LogP contribution in [0.3, 0.4) is 0 Å². The summed E-state index contributed by atoms with van der Waals surface area (Å²) in [5, 5.41) is 6.50. The van der Waals surface area contributed by atoms with E-state index in [1.165, 1.54) is 5.56 Å². The summed E-state index contributed by atoms with van der Waals surface area (Å²) < 4.78 is 5.29. The molecule has 0 bridgehead atoms. The quantitative estimate of drug-likeness (QED) is 0.743. The Hall–Kier alpha value is -2.82. The lowest BCUT2D eigenvalue weighted by Gasteiger charge is -2.11. The zero-order valence-corrected chi connectivity index (χ0v) is 12.6. The number of rotatable bonds is 5. The first kappa shape index (κ1) is 14.1. The van der Waals surface area contributed by atoms with Gasteiger partial charge in [0.15, 0.2) is 0 Å². The summed E-state index contributed by atoms with van der Waals surface area (Å²) >= 11 is 0. The van der Waals surface area contributed by atoms with E-state index in [1.807, 2.05) is 43.3 Å². The molecule has 0 saturated heterocycles. The molecule has 1 aromatic carbocycles. The first-order valence-electron chi connectivity index (χ1n) is 7.15. The molecule has 3 rings (SSSR count). The number of aryl methyl sites for hydroxylation is 2. The van der Waals surface area contributed by atoms with Gasteiger partial charge in [-0.2, -0.15) is 4.98 Å². The highest BCUT2D eigenvalue weighted by Gasteiger charge is 2.05. The standard InChI is InChI=1S/C17H18N4O/c1-12-6-3-4-8-15(12)20-16-10-13(2)19-17(21-16)18-11-14-7-5-9-22-14/h3-10H,11H2,1-2H3,(H2,18,19,20,21). The highest BCUT2D eigenvalue weighted by molar-refractivity contribution is 5.61. The second-order valence-electron chi connectivity index (χ2n) is 5.09. The van der Waals surface area contributed by atoms with Gasteiger partial charge in [-0.15, -0.1) is 0 Å². The van der Waals surface area contributed by atoms with Gasteiger partial charge < -0.3 is 15.1 Å². The van der Waals surface area contributed by atoms with Crippen LogP contribution in [0.1, 0.15) is 17.0 Å². The number of hydrogen-bond acceptors (Lipinski definition) is 5. The van der Waals surface area contributed by atoms with Crippen molar-refractivity contribution in [2.75, 3.05) is 10.6 Å². The van der Waals surface area contributed by atoms with Gasteiger partial charge in [0, 0.05) is 17.4 Å². The zero-order chi connectivity index (χ0) is 15.4. The number of para-hydroxylation sites is 1. The van der Waals surface area contributed by atoms with Gasteiger partial charge in [0.1, 0.15) is 11.6 Å². The van der Waals surface area contributed by atoms with Crippen LogP contribution in [-0.4, -0.2) is 9.97 Å². The van der Waals surface area contributed by atoms with Crippen LogP contribution in [0.4, 0.5) is 17.5 Å². The maximum atomic E-state index is 5.29. The van der Waals surface area contributed by atoms with E-state index >= 15 is 0 Å². The minimum absolute atomic E-state index is 0.556. The number of anilines is 3. The molecule has 3 aromatic rings. The van der Waals surface area contributed by atoms with E-state index < -0.39 is 0 Å². The monoisotopic (exact) mass is 294 g/mol. The van der Waals surface area contributed by atoms with E-state index in [9.17, 15) is 0 Å². The fraction of sp³-hybridized carbons (Fsp3) is 0.176. The Morgan fingerprint density at radius 3 is 2.68 bits per heavy atom. The number of nitrogens with one attached hydrogen (secondary N) is 2. The Morgan fingerprint density at radius 1 is 1.05 bits per heavy atom. The Balaban J connectivity index is 1.76. The third-order valence-electron chi connectivity index (χ3n) is 3.26. The van der Waals surface area contributed by atoms with E-state index in [0.717, 1.165) is 23.0 Å². The number of aromatic nitrogens is 2. The van der Waals surface area contributed by atoms with Crippen molar-refractivity contribution in [1.29, 1.82) is 0 Å². The summed E-state index contributed by atoms with van der Waals surface area (Å²) in [6.45, 7) is 4.56. The van der Waals surface area contributed by atoms with E-state index in [0.29, 0.717) is 12.5 Å². The summed E-state index contributed by atoms with van der Waals surface area (Å²) in [5.41, 5.74) is 3.11. The lowest BCUT2D eigenvalue weighted by Crippen LogP contribution is -2.06. The SMILES string of the molecule is Cc1cc(Nc2ccccc2C)nc(NCc2ccco2)n1. The molecule has 0 aliphatic rings. The molecule has 0 atom stereocenters. The molecule has 112 valence electrons. The first-order valence-corrected chi connectivity index (χ1v) is 7.15. The maximum absolute atomic E-state index is 5.29. The van der Waals surface area contributed by atoms with Crippen LogP contribution < -0.4 is 10.6 Å². The van der Waals surface area contributed by atoms with Crippen LogP contribution in [0.15, 0.2) is 53.1 Å². The number of furan rings is 1. The van der Waals surface area contributed by atoms with Crippen LogP contribution in [-0.2, 0) is 6.54 Å². The fourth-order valence-corrected chi connectivity index (χ4v) is 2.14. The van der Waals surface area contributed by atoms with Crippen LogP contribution in [0.5, 0.6) is 0 Å². The Morgan fingerprint density at radius 2 is 1.91 bits per heavy atom. The number of nitrogens with zero attached hydrogens (tertiary/aromatic N) is 2. The summed E-state index contributed by atoms with van der Waals surface area (Å²) in [6.07, 6.45) is 1.65. The van der Waals surface area contributed by atoms with Crippen LogP contribution >= 0.6 is 0 Å². The summed E-state index contributed by atoms with van der Waals surface area (Å²) in [7, 11) is 0. The van der Waals surface area contributed by atoms with E-state index in [4.69, 9.17) is 4.42 Å². The largest absolute Gasteiger partial charge is 0.467 e. The molecule has 0 aliphatic heterocycles. The van der Waals surface area contributed by atoms with Gasteiger partial charge in [0.05, 0.1) is 12.8 Å². The molecule has 2 aromatic heterocycles. The first-order chi connectivity index (χ1) is 10.7. The van der Waals surface area contributed by atoms with Gasteiger partial charge in [-0.3, -0.25) is 0 Å². The molecule has 22 heavy (non-hydrogen) atoms. The lowest BCUT2D eigenvalue weighted by molar-refractivity contribution is 0.517. The lowest BCUT2D eigenvalue weighted by atomic mass is 10.2. The molecule has 0 fully saturated rings. The molecular weight excluding hydrogens is 276 g/mol. The number of benzene rings is 1. The molecule has 5 nitrogen and oxygen atoms in total. The third kappa shape index (κ3) is 3.44. The van der Waals surface area contributed by atoms with Gasteiger partial charge in [0.25, 0.3) is 0 Å². The minimum Gasteiger partial charge on any atom is -0.467 e.